The fraction of sp³-hybridized carbons (Fsp3) is 0.625. The monoisotopic (exact) mass is 177 g/mol. The van der Waals surface area contributed by atoms with Crippen LogP contribution in [0, 0.1) is 39.9 Å². The lowest BCUT2D eigenvalue weighted by atomic mass is 10.0. The Kier molecular flexibility index (Phi) is 6.19. The largest absolute Gasteiger partial charge is 0.330 e. The first-order chi connectivity index (χ1) is 6.29. The van der Waals surface area contributed by atoms with Crippen LogP contribution >= 0.6 is 0 Å². The third-order valence-corrected chi connectivity index (χ3v) is 1.50. The summed E-state index contributed by atoms with van der Waals surface area (Å²) >= 11 is 0. The van der Waals surface area contributed by atoms with Crippen LogP contribution in [0.4, 0.5) is 0 Å². The van der Waals surface area contributed by atoms with E-state index in [1.54, 1.807) is 12.1 Å². The van der Waals surface area contributed by atoms with E-state index in [2.05, 4.69) is 5.32 Å². The molecule has 5 nitrogen and oxygen atoms in total. The van der Waals surface area contributed by atoms with Crippen molar-refractivity contribution in [3.05, 3.63) is 0 Å². The Morgan fingerprint density at radius 2 is 1.77 bits per heavy atom. The summed E-state index contributed by atoms with van der Waals surface area (Å²) in [6, 6.07) is 4.65. The number of nitrogens with two attached hydrogens (primary N) is 1. The van der Waals surface area contributed by atoms with E-state index in [-0.39, 0.29) is 0 Å². The quantitative estimate of drug-likeness (QED) is 0.549. The molecule has 0 aliphatic heterocycles. The van der Waals surface area contributed by atoms with Gasteiger partial charge in [0.15, 0.2) is 5.92 Å². The SMILES string of the molecule is N#CC(C#N)C(C#N)NCCCN. The van der Waals surface area contributed by atoms with Gasteiger partial charge in [-0.1, -0.05) is 0 Å². The molecule has 5 heteroatoms. The molecule has 0 rings (SSSR count). The van der Waals surface area contributed by atoms with Crippen LogP contribution in [0.15, 0.2) is 0 Å². The molecule has 0 saturated heterocycles. The second-order valence-electron chi connectivity index (χ2n) is 2.44. The van der Waals surface area contributed by atoms with Crippen molar-refractivity contribution in [1.82, 2.24) is 5.32 Å². The van der Waals surface area contributed by atoms with Crippen LogP contribution in [0.2, 0.25) is 0 Å². The van der Waals surface area contributed by atoms with E-state index >= 15 is 0 Å². The maximum Gasteiger partial charge on any atom is 0.161 e. The second kappa shape index (κ2) is 7.06. The zero-order valence-electron chi connectivity index (χ0n) is 7.20. The van der Waals surface area contributed by atoms with Crippen molar-refractivity contribution in [3.63, 3.8) is 0 Å². The van der Waals surface area contributed by atoms with Gasteiger partial charge in [0.1, 0.15) is 6.04 Å². The highest BCUT2D eigenvalue weighted by molar-refractivity contribution is 5.12. The van der Waals surface area contributed by atoms with Gasteiger partial charge in [-0.15, -0.1) is 0 Å². The van der Waals surface area contributed by atoms with Crippen molar-refractivity contribution in [3.8, 4) is 18.2 Å². The number of nitrogens with one attached hydrogen (secondary N) is 1. The molecule has 13 heavy (non-hydrogen) atoms. The molecule has 0 aliphatic carbocycles. The molecule has 68 valence electrons. The number of rotatable bonds is 5. The molecule has 0 aliphatic rings. The van der Waals surface area contributed by atoms with E-state index in [1.165, 1.54) is 0 Å². The first-order valence-corrected chi connectivity index (χ1v) is 3.92. The van der Waals surface area contributed by atoms with Crippen LogP contribution in [-0.4, -0.2) is 19.1 Å². The van der Waals surface area contributed by atoms with Gasteiger partial charge < -0.3 is 5.73 Å². The molecule has 0 amide bonds. The predicted octanol–water partition coefficient (Wildman–Crippen LogP) is -0.520. The molecule has 0 heterocycles. The molecule has 0 spiro atoms. The molecule has 0 aromatic rings. The minimum Gasteiger partial charge on any atom is -0.330 e. The lowest BCUT2D eigenvalue weighted by molar-refractivity contribution is 0.544. The van der Waals surface area contributed by atoms with Gasteiger partial charge in [0.05, 0.1) is 18.2 Å². The molecular formula is C8H11N5. The molecule has 0 radical (unpaired) electrons. The van der Waals surface area contributed by atoms with E-state index < -0.39 is 12.0 Å². The summed E-state index contributed by atoms with van der Waals surface area (Å²) < 4.78 is 0. The zero-order chi connectivity index (χ0) is 10.1. The zero-order valence-corrected chi connectivity index (χ0v) is 7.20. The standard InChI is InChI=1S/C8H11N5/c9-2-1-3-13-8(6-12)7(4-10)5-11/h7-8,13H,1-3,9H2. The van der Waals surface area contributed by atoms with Crippen molar-refractivity contribution in [2.75, 3.05) is 13.1 Å². The summed E-state index contributed by atoms with van der Waals surface area (Å²) in [6.45, 7) is 1.07. The molecule has 0 aromatic carbocycles. The first kappa shape index (κ1) is 11.4. The Morgan fingerprint density at radius 3 is 2.15 bits per heavy atom. The minimum atomic E-state index is -0.914. The summed E-state index contributed by atoms with van der Waals surface area (Å²) in [5.74, 6) is -0.914. The van der Waals surface area contributed by atoms with Crippen molar-refractivity contribution in [1.29, 1.82) is 15.8 Å². The highest BCUT2D eigenvalue weighted by Crippen LogP contribution is 1.99. The lowest BCUT2D eigenvalue weighted by Gasteiger charge is -2.10. The van der Waals surface area contributed by atoms with Gasteiger partial charge in [0, 0.05) is 0 Å². The first-order valence-electron chi connectivity index (χ1n) is 3.92. The Labute approximate surface area is 77.4 Å². The molecule has 0 fully saturated rings. The Bertz CT molecular complexity index is 239. The number of nitrogens with zero attached hydrogens (tertiary/aromatic N) is 3. The third-order valence-electron chi connectivity index (χ3n) is 1.50. The normalized spacial score (nSPS) is 11.3. The summed E-state index contributed by atoms with van der Waals surface area (Å²) in [7, 11) is 0. The van der Waals surface area contributed by atoms with Gasteiger partial charge in [-0.3, -0.25) is 5.32 Å². The van der Waals surface area contributed by atoms with E-state index in [4.69, 9.17) is 21.5 Å². The number of hydrogen-bond donors (Lipinski definition) is 2. The fourth-order valence-electron chi connectivity index (χ4n) is 0.776. The van der Waals surface area contributed by atoms with Crippen LogP contribution in [0.25, 0.3) is 0 Å². The van der Waals surface area contributed by atoms with Crippen LogP contribution in [-0.2, 0) is 0 Å². The Morgan fingerprint density at radius 1 is 1.15 bits per heavy atom. The molecule has 1 unspecified atom stereocenters. The molecule has 3 N–H and O–H groups in total. The van der Waals surface area contributed by atoms with Crippen LogP contribution in [0.3, 0.4) is 0 Å². The van der Waals surface area contributed by atoms with E-state index in [0.29, 0.717) is 13.1 Å². The average molecular weight is 177 g/mol. The van der Waals surface area contributed by atoms with Crippen molar-refractivity contribution in [2.24, 2.45) is 11.7 Å². The van der Waals surface area contributed by atoms with Crippen LogP contribution in [0.1, 0.15) is 6.42 Å². The molecule has 0 saturated carbocycles. The summed E-state index contributed by atoms with van der Waals surface area (Å²) in [4.78, 5) is 0. The van der Waals surface area contributed by atoms with Gasteiger partial charge in [0.25, 0.3) is 0 Å². The fourth-order valence-corrected chi connectivity index (χ4v) is 0.776. The Balaban J connectivity index is 3.99. The predicted molar refractivity (Wildman–Crippen MR) is 45.8 cm³/mol. The van der Waals surface area contributed by atoms with Crippen molar-refractivity contribution in [2.45, 2.75) is 12.5 Å². The van der Waals surface area contributed by atoms with Gasteiger partial charge in [-0.25, -0.2) is 0 Å². The van der Waals surface area contributed by atoms with E-state index in [1.807, 2.05) is 6.07 Å². The average Bonchev–Trinajstić information content (AvgIpc) is 2.17. The van der Waals surface area contributed by atoms with Crippen LogP contribution < -0.4 is 11.1 Å². The van der Waals surface area contributed by atoms with Crippen molar-refractivity contribution < 1.29 is 0 Å². The van der Waals surface area contributed by atoms with Crippen molar-refractivity contribution >= 4 is 0 Å². The maximum absolute atomic E-state index is 8.61. The highest BCUT2D eigenvalue weighted by atomic mass is 14.9. The summed E-state index contributed by atoms with van der Waals surface area (Å²) in [5, 5.41) is 28.4. The lowest BCUT2D eigenvalue weighted by Crippen LogP contribution is -2.35. The second-order valence-corrected chi connectivity index (χ2v) is 2.44. The van der Waals surface area contributed by atoms with E-state index in [0.717, 1.165) is 6.42 Å². The maximum atomic E-state index is 8.61. The molecule has 1 atom stereocenters. The minimum absolute atomic E-state index is 0.523. The number of hydrogen-bond acceptors (Lipinski definition) is 5. The molecule has 0 bridgehead atoms. The topological polar surface area (TPSA) is 109 Å². The summed E-state index contributed by atoms with van der Waals surface area (Å²) in [5.41, 5.74) is 5.24. The third kappa shape index (κ3) is 4.08. The van der Waals surface area contributed by atoms with Gasteiger partial charge in [-0.05, 0) is 19.5 Å². The molecular weight excluding hydrogens is 166 g/mol. The highest BCUT2D eigenvalue weighted by Gasteiger charge is 2.19. The van der Waals surface area contributed by atoms with Gasteiger partial charge >= 0.3 is 0 Å². The van der Waals surface area contributed by atoms with E-state index in [9.17, 15) is 0 Å². The molecule has 0 aromatic heterocycles. The van der Waals surface area contributed by atoms with Gasteiger partial charge in [-0.2, -0.15) is 15.8 Å². The van der Waals surface area contributed by atoms with Gasteiger partial charge in [0.2, 0.25) is 0 Å². The Hall–Kier alpha value is -1.61. The summed E-state index contributed by atoms with van der Waals surface area (Å²) in [6.07, 6.45) is 0.724. The van der Waals surface area contributed by atoms with Crippen LogP contribution in [0.5, 0.6) is 0 Å². The smallest absolute Gasteiger partial charge is 0.161 e. The number of nitriles is 3.